The number of hydrogen-bond donors (Lipinski definition) is 1. The molecule has 0 aliphatic carbocycles. The van der Waals surface area contributed by atoms with Gasteiger partial charge in [0, 0.05) is 79.2 Å². The first kappa shape index (κ1) is 32.8. The van der Waals surface area contributed by atoms with E-state index in [1.165, 1.54) is 5.56 Å². The minimum Gasteiger partial charge on any atom is -0.508 e. The largest absolute Gasteiger partial charge is 0.508 e. The van der Waals surface area contributed by atoms with E-state index in [9.17, 15) is 20.0 Å². The van der Waals surface area contributed by atoms with E-state index in [1.807, 2.05) is 29.5 Å². The number of carbonyl (C=O) groups is 1. The Hall–Kier alpha value is -5.34. The van der Waals surface area contributed by atoms with Crippen LogP contribution in [-0.4, -0.2) is 73.4 Å². The Morgan fingerprint density at radius 3 is 2.49 bits per heavy atom. The summed E-state index contributed by atoms with van der Waals surface area (Å²) in [6.45, 7) is 6.09. The van der Waals surface area contributed by atoms with E-state index in [-0.39, 0.29) is 23.3 Å². The number of nitriles is 1. The van der Waals surface area contributed by atoms with Gasteiger partial charge in [0.2, 0.25) is 0 Å². The van der Waals surface area contributed by atoms with Crippen LogP contribution in [0, 0.1) is 18.3 Å². The highest BCUT2D eigenvalue weighted by Crippen LogP contribution is 2.37. The van der Waals surface area contributed by atoms with Gasteiger partial charge in [-0.25, -0.2) is 0 Å². The number of amides is 1. The molecule has 0 bridgehead atoms. The number of morpholine rings is 1. The van der Waals surface area contributed by atoms with Gasteiger partial charge in [0.15, 0.2) is 0 Å². The van der Waals surface area contributed by atoms with Crippen molar-refractivity contribution in [2.24, 2.45) is 14.1 Å². The van der Waals surface area contributed by atoms with Crippen molar-refractivity contribution in [2.45, 2.75) is 25.9 Å². The third-order valence-corrected chi connectivity index (χ3v) is 10.9. The van der Waals surface area contributed by atoms with E-state index in [4.69, 9.17) is 16.3 Å². The molecule has 3 aromatic heterocycles. The van der Waals surface area contributed by atoms with Crippen LogP contribution in [0.1, 0.15) is 32.9 Å². The topological polar surface area (TPSA) is 109 Å². The lowest BCUT2D eigenvalue weighted by molar-refractivity contribution is 0.0193. The van der Waals surface area contributed by atoms with E-state index < -0.39 is 0 Å². The molecule has 2 aliphatic heterocycles. The molecule has 11 heteroatoms. The van der Waals surface area contributed by atoms with Crippen LogP contribution < -0.4 is 5.56 Å². The summed E-state index contributed by atoms with van der Waals surface area (Å²) in [5.41, 5.74) is 6.78. The van der Waals surface area contributed by atoms with Gasteiger partial charge in [-0.1, -0.05) is 35.9 Å². The smallest absolute Gasteiger partial charge is 0.265 e. The summed E-state index contributed by atoms with van der Waals surface area (Å²) in [4.78, 5) is 33.8. The number of benzene rings is 3. The van der Waals surface area contributed by atoms with Gasteiger partial charge < -0.3 is 23.9 Å². The minimum absolute atomic E-state index is 0.0481. The molecule has 0 unspecified atom stereocenters. The van der Waals surface area contributed by atoms with Crippen LogP contribution in [0.2, 0.25) is 5.02 Å². The summed E-state index contributed by atoms with van der Waals surface area (Å²) >= 11 is 6.65. The van der Waals surface area contributed by atoms with Crippen LogP contribution in [0.3, 0.4) is 0 Å². The number of pyridine rings is 1. The van der Waals surface area contributed by atoms with Crippen LogP contribution in [0.15, 0.2) is 77.6 Å². The Kier molecular flexibility index (Phi) is 8.22. The van der Waals surface area contributed by atoms with Crippen molar-refractivity contribution in [3.8, 4) is 28.8 Å². The van der Waals surface area contributed by atoms with E-state index >= 15 is 0 Å². The predicted octanol–water partition coefficient (Wildman–Crippen LogP) is 5.93. The summed E-state index contributed by atoms with van der Waals surface area (Å²) in [5.74, 6) is -0.0573. The molecule has 5 heterocycles. The molecule has 1 saturated heterocycles. The Balaban J connectivity index is 1.30. The highest BCUT2D eigenvalue weighted by molar-refractivity contribution is 6.31. The fourth-order valence-corrected chi connectivity index (χ4v) is 8.06. The number of carbonyl (C=O) groups excluding carboxylic acids is 1. The maximum atomic E-state index is 14.9. The van der Waals surface area contributed by atoms with Crippen LogP contribution in [0.25, 0.3) is 38.8 Å². The zero-order chi connectivity index (χ0) is 35.6. The van der Waals surface area contributed by atoms with Crippen molar-refractivity contribution in [2.75, 3.05) is 32.8 Å². The molecular formula is C40H37ClN6O4. The molecule has 6 aromatic rings. The van der Waals surface area contributed by atoms with Crippen molar-refractivity contribution in [3.05, 3.63) is 116 Å². The number of hydrogen-bond acceptors (Lipinski definition) is 6. The van der Waals surface area contributed by atoms with Crippen molar-refractivity contribution in [1.82, 2.24) is 23.5 Å². The van der Waals surface area contributed by atoms with Gasteiger partial charge in [-0.2, -0.15) is 5.26 Å². The van der Waals surface area contributed by atoms with Crippen molar-refractivity contribution < 1.29 is 14.6 Å². The monoisotopic (exact) mass is 700 g/mol. The number of aromatic nitrogens is 3. The summed E-state index contributed by atoms with van der Waals surface area (Å²) < 4.78 is 10.9. The number of halogens is 1. The molecular weight excluding hydrogens is 664 g/mol. The average Bonchev–Trinajstić information content (AvgIpc) is 3.63. The minimum atomic E-state index is -0.281. The number of phenols is 1. The maximum absolute atomic E-state index is 14.9. The third-order valence-electron chi connectivity index (χ3n) is 10.7. The van der Waals surface area contributed by atoms with Crippen LogP contribution in [0.4, 0.5) is 0 Å². The van der Waals surface area contributed by atoms with Gasteiger partial charge >= 0.3 is 0 Å². The van der Waals surface area contributed by atoms with E-state index in [0.29, 0.717) is 74.8 Å². The molecule has 258 valence electrons. The average molecular weight is 701 g/mol. The molecule has 1 fully saturated rings. The van der Waals surface area contributed by atoms with E-state index in [2.05, 4.69) is 29.2 Å². The van der Waals surface area contributed by atoms with Gasteiger partial charge in [0.05, 0.1) is 35.3 Å². The first-order valence-electron chi connectivity index (χ1n) is 17.1. The fraction of sp³-hybridized carbons (Fsp3) is 0.275. The highest BCUT2D eigenvalue weighted by Gasteiger charge is 2.34. The second-order valence-corrected chi connectivity index (χ2v) is 14.0. The second kappa shape index (κ2) is 12.8. The molecule has 10 nitrogen and oxygen atoms in total. The third kappa shape index (κ3) is 5.49. The molecule has 1 atom stereocenters. The summed E-state index contributed by atoms with van der Waals surface area (Å²) in [6.07, 6.45) is 0.748. The molecule has 0 saturated carbocycles. The Bertz CT molecular complexity index is 2480. The Morgan fingerprint density at radius 2 is 1.75 bits per heavy atom. The Morgan fingerprint density at radius 1 is 0.980 bits per heavy atom. The second-order valence-electron chi connectivity index (χ2n) is 13.5. The fourth-order valence-electron chi connectivity index (χ4n) is 7.88. The van der Waals surface area contributed by atoms with Gasteiger partial charge in [-0.05, 0) is 73.0 Å². The van der Waals surface area contributed by atoms with Gasteiger partial charge in [0.25, 0.3) is 11.5 Å². The first-order valence-corrected chi connectivity index (χ1v) is 17.4. The van der Waals surface area contributed by atoms with Crippen LogP contribution in [-0.2, 0) is 31.8 Å². The number of ether oxygens (including phenoxy) is 1. The van der Waals surface area contributed by atoms with Gasteiger partial charge in [-0.3, -0.25) is 19.1 Å². The first-order chi connectivity index (χ1) is 24.6. The van der Waals surface area contributed by atoms with E-state index in [1.54, 1.807) is 64.7 Å². The molecule has 0 radical (unpaired) electrons. The maximum Gasteiger partial charge on any atom is 0.265 e. The number of rotatable bonds is 5. The lowest BCUT2D eigenvalue weighted by Gasteiger charge is -2.40. The molecule has 51 heavy (non-hydrogen) atoms. The lowest BCUT2D eigenvalue weighted by atomic mass is 9.92. The lowest BCUT2D eigenvalue weighted by Crippen LogP contribution is -2.52. The standard InChI is InChI=1S/C40H37ClN6O4/c1-24-36(18-28(21-42)43(24)2)47-35-11-9-30(48)19-33(35)38-34(40(47)50)20-37(44(38)3)32-17-27(41)8-10-31(32)39(49)46-22-26-7-5-4-6-25(26)16-29(46)23-45-12-14-51-15-13-45/h4-11,17-20,29,48H,12-16,22-23H2,1-3H3/t29-/m0/s1. The van der Waals surface area contributed by atoms with Crippen molar-refractivity contribution >= 4 is 39.3 Å². The summed E-state index contributed by atoms with van der Waals surface area (Å²) in [6, 6.07) is 24.2. The number of fused-ring (bicyclic) bond motifs is 4. The summed E-state index contributed by atoms with van der Waals surface area (Å²) in [5, 5.41) is 21.9. The Labute approximate surface area is 299 Å². The van der Waals surface area contributed by atoms with Crippen molar-refractivity contribution in [3.63, 3.8) is 0 Å². The molecule has 1 N–H and O–H groups in total. The number of aryl methyl sites for hydroxylation is 1. The molecule has 8 rings (SSSR count). The molecule has 3 aromatic carbocycles. The SMILES string of the molecule is Cc1c(-n2c(=O)c3cc(-c4cc(Cl)ccc4C(=O)N4Cc5ccccc5C[C@H]4CN4CCOCC4)n(C)c3c3cc(O)ccc32)cc(C#N)n1C. The molecule has 0 spiro atoms. The van der Waals surface area contributed by atoms with Crippen molar-refractivity contribution in [1.29, 1.82) is 5.26 Å². The normalized spacial score (nSPS) is 16.5. The van der Waals surface area contributed by atoms with Gasteiger partial charge in [0.1, 0.15) is 17.5 Å². The number of phenolic OH excluding ortho intramolecular Hbond substituents is 1. The quantitative estimate of drug-likeness (QED) is 0.239. The highest BCUT2D eigenvalue weighted by atomic mass is 35.5. The van der Waals surface area contributed by atoms with E-state index in [0.717, 1.165) is 37.3 Å². The number of aromatic hydroxyl groups is 1. The molecule has 2 aliphatic rings. The number of nitrogens with zero attached hydrogens (tertiary/aromatic N) is 6. The zero-order valence-corrected chi connectivity index (χ0v) is 29.4. The van der Waals surface area contributed by atoms with Crippen LogP contribution >= 0.6 is 11.6 Å². The van der Waals surface area contributed by atoms with Crippen LogP contribution in [0.5, 0.6) is 5.75 Å². The van der Waals surface area contributed by atoms with Gasteiger partial charge in [-0.15, -0.1) is 0 Å². The molecule has 1 amide bonds. The zero-order valence-electron chi connectivity index (χ0n) is 28.7. The predicted molar refractivity (Wildman–Crippen MR) is 198 cm³/mol. The summed E-state index contributed by atoms with van der Waals surface area (Å²) in [7, 11) is 3.65.